The molecule has 0 saturated carbocycles. The Morgan fingerprint density at radius 1 is 1.20 bits per heavy atom. The Labute approximate surface area is 151 Å². The van der Waals surface area contributed by atoms with E-state index in [1.807, 2.05) is 31.2 Å². The van der Waals surface area contributed by atoms with Crippen LogP contribution in [-0.4, -0.2) is 26.3 Å². The predicted octanol–water partition coefficient (Wildman–Crippen LogP) is 4.36. The number of benzene rings is 1. The molecule has 2 heterocycles. The highest BCUT2D eigenvalue weighted by Crippen LogP contribution is 2.28. The van der Waals surface area contributed by atoms with E-state index in [0.717, 1.165) is 34.5 Å². The second kappa shape index (κ2) is 8.16. The summed E-state index contributed by atoms with van der Waals surface area (Å²) in [5.74, 6) is 2.71. The number of carbonyl (C=O) groups excluding carboxylic acids is 1. The van der Waals surface area contributed by atoms with Gasteiger partial charge in [0.1, 0.15) is 11.5 Å². The normalized spacial score (nSPS) is 11.0. The van der Waals surface area contributed by atoms with Crippen molar-refractivity contribution in [2.75, 3.05) is 5.75 Å². The van der Waals surface area contributed by atoms with Crippen LogP contribution in [0, 0.1) is 6.92 Å². The van der Waals surface area contributed by atoms with Crippen LogP contribution in [0.25, 0.3) is 11.4 Å². The van der Waals surface area contributed by atoms with Gasteiger partial charge in [0.15, 0.2) is 11.0 Å². The first-order chi connectivity index (χ1) is 12.1. The van der Waals surface area contributed by atoms with Crippen molar-refractivity contribution in [3.63, 3.8) is 0 Å². The van der Waals surface area contributed by atoms with E-state index >= 15 is 0 Å². The second-order valence-electron chi connectivity index (χ2n) is 5.92. The second-order valence-corrected chi connectivity index (χ2v) is 6.98. The molecule has 0 amide bonds. The zero-order valence-corrected chi connectivity index (χ0v) is 15.3. The molecule has 0 unspecified atom stereocenters. The summed E-state index contributed by atoms with van der Waals surface area (Å²) in [6, 6.07) is 12.2. The van der Waals surface area contributed by atoms with Crippen molar-refractivity contribution >= 4 is 17.5 Å². The van der Waals surface area contributed by atoms with E-state index in [1.54, 1.807) is 24.9 Å². The molecule has 0 saturated heterocycles. The lowest BCUT2D eigenvalue weighted by molar-refractivity contribution is -0.117. The fourth-order valence-corrected chi connectivity index (χ4v) is 3.48. The van der Waals surface area contributed by atoms with Gasteiger partial charge in [0, 0.05) is 12.2 Å². The van der Waals surface area contributed by atoms with E-state index in [1.165, 1.54) is 5.56 Å². The summed E-state index contributed by atoms with van der Waals surface area (Å²) in [6.07, 6.45) is 3.12. The quantitative estimate of drug-likeness (QED) is 0.444. The van der Waals surface area contributed by atoms with Gasteiger partial charge in [0.25, 0.3) is 0 Å². The molecular weight excluding hydrogens is 334 g/mol. The smallest absolute Gasteiger partial charge is 0.191 e. The lowest BCUT2D eigenvalue weighted by atomic mass is 10.2. The average Bonchev–Trinajstić information content (AvgIpc) is 3.19. The number of furan rings is 1. The number of Topliss-reactive ketones (excluding diaryl/α,β-unsaturated/α-hetero) is 1. The maximum absolute atomic E-state index is 11.1. The fraction of sp³-hybridized carbons (Fsp3) is 0.316. The average molecular weight is 355 g/mol. The Balaban J connectivity index is 1.86. The van der Waals surface area contributed by atoms with E-state index in [9.17, 15) is 4.79 Å². The van der Waals surface area contributed by atoms with Crippen LogP contribution in [0.5, 0.6) is 0 Å². The molecular formula is C19H21N3O2S. The van der Waals surface area contributed by atoms with Crippen LogP contribution in [-0.2, 0) is 11.3 Å². The van der Waals surface area contributed by atoms with Crippen LogP contribution in [0.4, 0.5) is 0 Å². The van der Waals surface area contributed by atoms with Gasteiger partial charge in [-0.2, -0.15) is 0 Å². The number of aryl methyl sites for hydroxylation is 1. The third kappa shape index (κ3) is 4.39. The molecule has 0 fully saturated rings. The summed E-state index contributed by atoms with van der Waals surface area (Å²) in [5, 5.41) is 9.63. The number of ketones is 1. The predicted molar refractivity (Wildman–Crippen MR) is 98.6 cm³/mol. The van der Waals surface area contributed by atoms with Gasteiger partial charge in [-0.25, -0.2) is 0 Å². The molecule has 0 aliphatic heterocycles. The number of carbonyl (C=O) groups is 1. The summed E-state index contributed by atoms with van der Waals surface area (Å²) in [4.78, 5) is 11.1. The molecule has 3 rings (SSSR count). The Morgan fingerprint density at radius 2 is 2.00 bits per heavy atom. The molecule has 130 valence electrons. The molecule has 0 aliphatic carbocycles. The molecule has 0 spiro atoms. The highest BCUT2D eigenvalue weighted by molar-refractivity contribution is 7.99. The van der Waals surface area contributed by atoms with Crippen molar-refractivity contribution in [3.8, 4) is 11.4 Å². The number of hydrogen-bond donors (Lipinski definition) is 0. The molecule has 25 heavy (non-hydrogen) atoms. The van der Waals surface area contributed by atoms with Crippen LogP contribution in [0.1, 0.15) is 31.1 Å². The molecule has 1 aromatic carbocycles. The van der Waals surface area contributed by atoms with Gasteiger partial charge in [-0.15, -0.1) is 10.2 Å². The van der Waals surface area contributed by atoms with Gasteiger partial charge in [-0.1, -0.05) is 42.1 Å². The van der Waals surface area contributed by atoms with Crippen molar-refractivity contribution in [3.05, 3.63) is 54.0 Å². The van der Waals surface area contributed by atoms with E-state index in [4.69, 9.17) is 4.42 Å². The Kier molecular flexibility index (Phi) is 5.71. The standard InChI is InChI=1S/C19H21N3O2S/c1-14(23)7-6-12-25-19-21-20-18(17-10-11-24-15(17)2)22(19)13-16-8-4-3-5-9-16/h3-5,8-11H,6-7,12-13H2,1-2H3. The third-order valence-corrected chi connectivity index (χ3v) is 4.96. The van der Waals surface area contributed by atoms with Gasteiger partial charge >= 0.3 is 0 Å². The zero-order chi connectivity index (χ0) is 17.6. The Morgan fingerprint density at radius 3 is 2.68 bits per heavy atom. The van der Waals surface area contributed by atoms with Gasteiger partial charge < -0.3 is 9.21 Å². The van der Waals surface area contributed by atoms with Crippen molar-refractivity contribution < 1.29 is 9.21 Å². The third-order valence-electron chi connectivity index (χ3n) is 3.90. The number of aromatic nitrogens is 3. The molecule has 6 heteroatoms. The highest BCUT2D eigenvalue weighted by Gasteiger charge is 2.17. The first-order valence-electron chi connectivity index (χ1n) is 8.29. The van der Waals surface area contributed by atoms with Crippen molar-refractivity contribution in [2.24, 2.45) is 0 Å². The van der Waals surface area contributed by atoms with E-state index < -0.39 is 0 Å². The monoisotopic (exact) mass is 355 g/mol. The SMILES string of the molecule is CC(=O)CCCSc1nnc(-c2ccoc2C)n1Cc1ccccc1. The van der Waals surface area contributed by atoms with Crippen LogP contribution in [0.2, 0.25) is 0 Å². The molecule has 0 atom stereocenters. The summed E-state index contributed by atoms with van der Waals surface area (Å²) in [5.41, 5.74) is 2.15. The number of rotatable bonds is 8. The maximum atomic E-state index is 11.1. The summed E-state index contributed by atoms with van der Waals surface area (Å²) < 4.78 is 7.55. The van der Waals surface area contributed by atoms with Crippen LogP contribution < -0.4 is 0 Å². The van der Waals surface area contributed by atoms with E-state index in [2.05, 4.69) is 26.9 Å². The van der Waals surface area contributed by atoms with Crippen molar-refractivity contribution in [1.82, 2.24) is 14.8 Å². The summed E-state index contributed by atoms with van der Waals surface area (Å²) in [7, 11) is 0. The van der Waals surface area contributed by atoms with Gasteiger partial charge in [0.05, 0.1) is 18.4 Å². The summed E-state index contributed by atoms with van der Waals surface area (Å²) >= 11 is 1.64. The number of nitrogens with zero attached hydrogens (tertiary/aromatic N) is 3. The van der Waals surface area contributed by atoms with Crippen molar-refractivity contribution in [2.45, 2.75) is 38.4 Å². The van der Waals surface area contributed by atoms with Gasteiger partial charge in [-0.05, 0) is 31.9 Å². The van der Waals surface area contributed by atoms with Crippen LogP contribution in [0.15, 0.2) is 52.2 Å². The molecule has 0 bridgehead atoms. The first-order valence-corrected chi connectivity index (χ1v) is 9.27. The lowest BCUT2D eigenvalue weighted by Crippen LogP contribution is -2.04. The number of hydrogen-bond acceptors (Lipinski definition) is 5. The van der Waals surface area contributed by atoms with Crippen LogP contribution >= 0.6 is 11.8 Å². The lowest BCUT2D eigenvalue weighted by Gasteiger charge is -2.10. The summed E-state index contributed by atoms with van der Waals surface area (Å²) in [6.45, 7) is 4.25. The molecule has 2 aromatic heterocycles. The van der Waals surface area contributed by atoms with Crippen LogP contribution in [0.3, 0.4) is 0 Å². The first kappa shape index (κ1) is 17.5. The minimum absolute atomic E-state index is 0.223. The minimum Gasteiger partial charge on any atom is -0.469 e. The maximum Gasteiger partial charge on any atom is 0.191 e. The topological polar surface area (TPSA) is 60.9 Å². The van der Waals surface area contributed by atoms with E-state index in [0.29, 0.717) is 13.0 Å². The van der Waals surface area contributed by atoms with Crippen molar-refractivity contribution in [1.29, 1.82) is 0 Å². The van der Waals surface area contributed by atoms with E-state index in [-0.39, 0.29) is 5.78 Å². The molecule has 0 radical (unpaired) electrons. The highest BCUT2D eigenvalue weighted by atomic mass is 32.2. The zero-order valence-electron chi connectivity index (χ0n) is 14.4. The molecule has 5 nitrogen and oxygen atoms in total. The molecule has 0 aliphatic rings. The molecule has 0 N–H and O–H groups in total. The largest absolute Gasteiger partial charge is 0.469 e. The number of thioether (sulfide) groups is 1. The Hall–Kier alpha value is -2.34. The van der Waals surface area contributed by atoms with Gasteiger partial charge in [-0.3, -0.25) is 4.57 Å². The molecule has 3 aromatic rings. The Bertz CT molecular complexity index is 839. The minimum atomic E-state index is 0.223. The van der Waals surface area contributed by atoms with Gasteiger partial charge in [0.2, 0.25) is 0 Å². The fourth-order valence-electron chi connectivity index (χ4n) is 2.60.